The average Bonchev–Trinajstić information content (AvgIpc) is 3.04. The number of methoxy groups -OCH3 is 1. The van der Waals surface area contributed by atoms with Gasteiger partial charge >= 0.3 is 0 Å². The molecular weight excluding hydrogens is 489 g/mol. The number of rotatable bonds is 8. The van der Waals surface area contributed by atoms with E-state index in [1.807, 2.05) is 43.0 Å². The second-order valence-corrected chi connectivity index (χ2v) is 10.9. The van der Waals surface area contributed by atoms with E-state index in [1.54, 1.807) is 11.0 Å². The van der Waals surface area contributed by atoms with Crippen LogP contribution >= 0.6 is 0 Å². The van der Waals surface area contributed by atoms with E-state index in [1.165, 1.54) is 19.2 Å². The predicted octanol–water partition coefficient (Wildman–Crippen LogP) is 2.37. The zero-order valence-electron chi connectivity index (χ0n) is 22.7. The van der Waals surface area contributed by atoms with Crippen molar-refractivity contribution in [2.45, 2.75) is 37.9 Å². The summed E-state index contributed by atoms with van der Waals surface area (Å²) < 4.78 is 24.8. The molecule has 208 valence electrons. The first kappa shape index (κ1) is 28.3. The Balaban J connectivity index is 1.43. The van der Waals surface area contributed by atoms with Crippen molar-refractivity contribution in [2.24, 2.45) is 0 Å². The second-order valence-electron chi connectivity index (χ2n) is 10.9. The van der Waals surface area contributed by atoms with Crippen LogP contribution < -0.4 is 9.64 Å². The third-order valence-electron chi connectivity index (χ3n) is 7.68. The van der Waals surface area contributed by atoms with E-state index < -0.39 is 11.2 Å². The molecule has 2 N–H and O–H groups in total. The van der Waals surface area contributed by atoms with Gasteiger partial charge in [-0.1, -0.05) is 12.1 Å². The molecule has 0 bridgehead atoms. The van der Waals surface area contributed by atoms with Gasteiger partial charge in [0.05, 0.1) is 12.1 Å². The maximum Gasteiger partial charge on any atom is 0.248 e. The number of ether oxygens (including phenoxy) is 2. The molecular formula is C29H40FN3O5. The number of anilines is 1. The van der Waals surface area contributed by atoms with E-state index in [4.69, 9.17) is 9.47 Å². The van der Waals surface area contributed by atoms with Crippen molar-refractivity contribution in [3.8, 4) is 5.75 Å². The second kappa shape index (κ2) is 12.0. The number of piperidine rings is 1. The molecule has 2 heterocycles. The number of carbonyl (C=O) groups is 1. The van der Waals surface area contributed by atoms with Crippen molar-refractivity contribution >= 4 is 11.6 Å². The first-order chi connectivity index (χ1) is 18.1. The number of amides is 1. The van der Waals surface area contributed by atoms with E-state index >= 15 is 0 Å². The highest BCUT2D eigenvalue weighted by Gasteiger charge is 2.41. The SMILES string of the molecule is COCC(=O)N1CCN(CC2(O)CCN(c3cccc(F)c3)CC2)CC(O)(COc2ccc(C)c(C)c2)C1. The monoisotopic (exact) mass is 529 g/mol. The minimum absolute atomic E-state index is 0.00847. The topological polar surface area (TPSA) is 85.7 Å². The molecule has 38 heavy (non-hydrogen) atoms. The number of carbonyl (C=O) groups excluding carboxylic acids is 1. The summed E-state index contributed by atoms with van der Waals surface area (Å²) in [5.41, 5.74) is 0.778. The number of halogens is 1. The highest BCUT2D eigenvalue weighted by atomic mass is 19.1. The molecule has 1 atom stereocenters. The van der Waals surface area contributed by atoms with Gasteiger partial charge in [-0.3, -0.25) is 9.69 Å². The number of hydrogen-bond donors (Lipinski definition) is 2. The normalized spacial score (nSPS) is 22.3. The van der Waals surface area contributed by atoms with E-state index in [2.05, 4.69) is 4.90 Å². The molecule has 2 aromatic carbocycles. The number of hydrogen-bond acceptors (Lipinski definition) is 7. The fourth-order valence-electron chi connectivity index (χ4n) is 5.35. The summed E-state index contributed by atoms with van der Waals surface area (Å²) >= 11 is 0. The summed E-state index contributed by atoms with van der Waals surface area (Å²) in [6, 6.07) is 12.3. The highest BCUT2D eigenvalue weighted by molar-refractivity contribution is 5.77. The molecule has 2 aromatic rings. The molecule has 2 aliphatic rings. The number of benzene rings is 2. The lowest BCUT2D eigenvalue weighted by molar-refractivity contribution is -0.138. The Kier molecular flexibility index (Phi) is 8.92. The Hall–Kier alpha value is -2.72. The van der Waals surface area contributed by atoms with Gasteiger partial charge in [0.2, 0.25) is 5.91 Å². The molecule has 2 aliphatic heterocycles. The van der Waals surface area contributed by atoms with Crippen LogP contribution in [0.2, 0.25) is 0 Å². The molecule has 0 aliphatic carbocycles. The molecule has 9 heteroatoms. The van der Waals surface area contributed by atoms with E-state index in [0.29, 0.717) is 51.3 Å². The molecule has 0 aromatic heterocycles. The van der Waals surface area contributed by atoms with Crippen LogP contribution in [-0.2, 0) is 9.53 Å². The molecule has 1 amide bonds. The fourth-order valence-corrected chi connectivity index (χ4v) is 5.35. The van der Waals surface area contributed by atoms with Crippen molar-refractivity contribution in [3.63, 3.8) is 0 Å². The highest BCUT2D eigenvalue weighted by Crippen LogP contribution is 2.29. The summed E-state index contributed by atoms with van der Waals surface area (Å²) in [5, 5.41) is 23.2. The van der Waals surface area contributed by atoms with Crippen molar-refractivity contribution in [3.05, 3.63) is 59.4 Å². The average molecular weight is 530 g/mol. The third kappa shape index (κ3) is 7.22. The molecule has 1 unspecified atom stereocenters. The van der Waals surface area contributed by atoms with Crippen molar-refractivity contribution in [2.75, 3.05) is 71.0 Å². The van der Waals surface area contributed by atoms with Gasteiger partial charge in [0.25, 0.3) is 0 Å². The Labute approximate surface area is 224 Å². The molecule has 0 saturated carbocycles. The molecule has 0 radical (unpaired) electrons. The van der Waals surface area contributed by atoms with Crippen LogP contribution in [0, 0.1) is 19.7 Å². The van der Waals surface area contributed by atoms with Gasteiger partial charge in [0.15, 0.2) is 0 Å². The standard InChI is InChI=1S/C29H40FN3O5/c1-22-7-8-26(15-23(22)2)38-21-29(36)19-31(13-14-33(20-29)27(34)17-37-3)18-28(35)9-11-32(12-10-28)25-6-4-5-24(30)16-25/h4-8,15-16,35-36H,9-14,17-21H2,1-3H3. The first-order valence-electron chi connectivity index (χ1n) is 13.2. The van der Waals surface area contributed by atoms with Gasteiger partial charge in [0, 0.05) is 52.1 Å². The minimum Gasteiger partial charge on any atom is -0.490 e. The van der Waals surface area contributed by atoms with Gasteiger partial charge in [-0.15, -0.1) is 0 Å². The quantitative estimate of drug-likeness (QED) is 0.543. The maximum absolute atomic E-state index is 13.7. The first-order valence-corrected chi connectivity index (χ1v) is 13.2. The van der Waals surface area contributed by atoms with Gasteiger partial charge < -0.3 is 29.5 Å². The lowest BCUT2D eigenvalue weighted by Gasteiger charge is -2.42. The lowest BCUT2D eigenvalue weighted by atomic mass is 9.90. The van der Waals surface area contributed by atoms with Crippen LogP contribution in [0.4, 0.5) is 10.1 Å². The van der Waals surface area contributed by atoms with E-state index in [0.717, 1.165) is 16.8 Å². The summed E-state index contributed by atoms with van der Waals surface area (Å²) in [6.45, 7) is 6.85. The van der Waals surface area contributed by atoms with Crippen molar-refractivity contribution in [1.82, 2.24) is 9.80 Å². The largest absolute Gasteiger partial charge is 0.490 e. The smallest absolute Gasteiger partial charge is 0.248 e. The Morgan fingerprint density at radius 1 is 0.974 bits per heavy atom. The lowest BCUT2D eigenvalue weighted by Crippen LogP contribution is -2.56. The van der Waals surface area contributed by atoms with Crippen LogP contribution in [0.1, 0.15) is 24.0 Å². The van der Waals surface area contributed by atoms with Gasteiger partial charge in [0.1, 0.15) is 30.4 Å². The molecule has 0 spiro atoms. The Bertz CT molecular complexity index is 1110. The molecule has 4 rings (SSSR count). The van der Waals surface area contributed by atoms with Crippen molar-refractivity contribution < 1.29 is 28.9 Å². The maximum atomic E-state index is 13.7. The Morgan fingerprint density at radius 2 is 1.74 bits per heavy atom. The van der Waals surface area contributed by atoms with Gasteiger partial charge in [-0.25, -0.2) is 4.39 Å². The third-order valence-corrected chi connectivity index (χ3v) is 7.68. The zero-order chi connectivity index (χ0) is 27.3. The Morgan fingerprint density at radius 3 is 2.42 bits per heavy atom. The molecule has 2 fully saturated rings. The molecule has 8 nitrogen and oxygen atoms in total. The number of aryl methyl sites for hydroxylation is 2. The number of aliphatic hydroxyl groups is 2. The summed E-state index contributed by atoms with van der Waals surface area (Å²) in [5.74, 6) is 0.194. The number of β-amino-alcohol motifs (C(OH)–C–C–N with tert-alkyl or cyclic N) is 2. The number of nitrogens with zero attached hydrogens (tertiary/aromatic N) is 3. The summed E-state index contributed by atoms with van der Waals surface area (Å²) in [4.78, 5) is 18.4. The van der Waals surface area contributed by atoms with E-state index in [9.17, 15) is 19.4 Å². The molecule has 2 saturated heterocycles. The van der Waals surface area contributed by atoms with Gasteiger partial charge in [-0.2, -0.15) is 0 Å². The summed E-state index contributed by atoms with van der Waals surface area (Å²) in [7, 11) is 1.47. The fraction of sp³-hybridized carbons (Fsp3) is 0.552. The summed E-state index contributed by atoms with van der Waals surface area (Å²) in [6.07, 6.45) is 1.04. The van der Waals surface area contributed by atoms with Gasteiger partial charge in [-0.05, 0) is 68.1 Å². The van der Waals surface area contributed by atoms with Crippen molar-refractivity contribution in [1.29, 1.82) is 0 Å². The minimum atomic E-state index is -1.34. The van der Waals surface area contributed by atoms with Crippen LogP contribution in [0.15, 0.2) is 42.5 Å². The predicted molar refractivity (Wildman–Crippen MR) is 144 cm³/mol. The van der Waals surface area contributed by atoms with E-state index in [-0.39, 0.29) is 38.0 Å². The van der Waals surface area contributed by atoms with Crippen LogP contribution in [0.5, 0.6) is 5.75 Å². The van der Waals surface area contributed by atoms with Crippen LogP contribution in [0.3, 0.4) is 0 Å². The van der Waals surface area contributed by atoms with Crippen LogP contribution in [0.25, 0.3) is 0 Å². The van der Waals surface area contributed by atoms with Crippen LogP contribution in [-0.4, -0.2) is 103 Å². The zero-order valence-corrected chi connectivity index (χ0v) is 22.7.